The van der Waals surface area contributed by atoms with Crippen molar-refractivity contribution in [2.45, 2.75) is 12.3 Å². The van der Waals surface area contributed by atoms with E-state index in [1.54, 1.807) is 0 Å². The van der Waals surface area contributed by atoms with E-state index in [1.807, 2.05) is 60.7 Å². The Balaban J connectivity index is 1.95. The first-order valence-electron chi connectivity index (χ1n) is 6.46. The first-order chi connectivity index (χ1) is 9.72. The van der Waals surface area contributed by atoms with Gasteiger partial charge in [-0.2, -0.15) is 0 Å². The molecule has 0 amide bonds. The minimum Gasteiger partial charge on any atom is -0.426 e. The Bertz CT molecular complexity index is 644. The van der Waals surface area contributed by atoms with Crippen molar-refractivity contribution in [1.82, 2.24) is 0 Å². The van der Waals surface area contributed by atoms with Gasteiger partial charge in [-0.25, -0.2) is 0 Å². The van der Waals surface area contributed by atoms with Crippen molar-refractivity contribution in [2.75, 3.05) is 0 Å². The Kier molecular flexibility index (Phi) is 3.57. The molecule has 3 rings (SSSR count). The van der Waals surface area contributed by atoms with Crippen LogP contribution in [0.1, 0.15) is 23.5 Å². The summed E-state index contributed by atoms with van der Waals surface area (Å²) in [5.74, 6) is 0.455. The van der Waals surface area contributed by atoms with Gasteiger partial charge in [0.1, 0.15) is 5.76 Å². The summed E-state index contributed by atoms with van der Waals surface area (Å²) in [5.41, 5.74) is 1.99. The second-order valence-electron chi connectivity index (χ2n) is 4.73. The van der Waals surface area contributed by atoms with Crippen LogP contribution in [0.2, 0.25) is 5.02 Å². The fourth-order valence-electron chi connectivity index (χ4n) is 2.30. The molecule has 20 heavy (non-hydrogen) atoms. The summed E-state index contributed by atoms with van der Waals surface area (Å²) in [5, 5.41) is 0.694. The van der Waals surface area contributed by atoms with Crippen molar-refractivity contribution in [1.29, 1.82) is 0 Å². The Morgan fingerprint density at radius 2 is 1.70 bits per heavy atom. The maximum Gasteiger partial charge on any atom is 0.312 e. The van der Waals surface area contributed by atoms with E-state index in [-0.39, 0.29) is 11.9 Å². The van der Waals surface area contributed by atoms with Crippen LogP contribution in [0, 0.1) is 0 Å². The Labute approximate surface area is 122 Å². The van der Waals surface area contributed by atoms with E-state index in [9.17, 15) is 4.79 Å². The predicted octanol–water partition coefficient (Wildman–Crippen LogP) is 4.41. The highest BCUT2D eigenvalue weighted by molar-refractivity contribution is 6.30. The monoisotopic (exact) mass is 284 g/mol. The number of rotatable bonds is 2. The third-order valence-corrected chi connectivity index (χ3v) is 3.57. The van der Waals surface area contributed by atoms with Crippen molar-refractivity contribution in [2.24, 2.45) is 0 Å². The zero-order valence-corrected chi connectivity index (χ0v) is 11.5. The molecule has 0 saturated heterocycles. The minimum atomic E-state index is -0.202. The molecule has 0 N–H and O–H groups in total. The molecule has 0 fully saturated rings. The van der Waals surface area contributed by atoms with Gasteiger partial charge in [0.15, 0.2) is 0 Å². The molecule has 2 aromatic rings. The third-order valence-electron chi connectivity index (χ3n) is 3.32. The Morgan fingerprint density at radius 1 is 1.00 bits per heavy atom. The van der Waals surface area contributed by atoms with E-state index >= 15 is 0 Å². The molecule has 2 nitrogen and oxygen atoms in total. The molecule has 2 aromatic carbocycles. The summed E-state index contributed by atoms with van der Waals surface area (Å²) in [6.07, 6.45) is 2.36. The zero-order valence-electron chi connectivity index (χ0n) is 10.8. The smallest absolute Gasteiger partial charge is 0.312 e. The molecule has 0 radical (unpaired) electrons. The normalized spacial score (nSPS) is 18.4. The topological polar surface area (TPSA) is 26.3 Å². The van der Waals surface area contributed by atoms with E-state index in [0.717, 1.165) is 11.1 Å². The van der Waals surface area contributed by atoms with Gasteiger partial charge in [0.25, 0.3) is 0 Å². The standard InChI is InChI=1S/C17H13ClO2/c18-15-8-6-12(7-9-15)14-10-16(20-17(19)11-14)13-4-2-1-3-5-13/h1-10,14H,11H2. The average Bonchev–Trinajstić information content (AvgIpc) is 2.48. The van der Waals surface area contributed by atoms with Gasteiger partial charge in [-0.1, -0.05) is 54.1 Å². The van der Waals surface area contributed by atoms with Gasteiger partial charge < -0.3 is 4.74 Å². The second kappa shape index (κ2) is 5.51. The van der Waals surface area contributed by atoms with Crippen molar-refractivity contribution in [3.63, 3.8) is 0 Å². The number of esters is 1. The van der Waals surface area contributed by atoms with Gasteiger partial charge in [0.05, 0.1) is 6.42 Å². The van der Waals surface area contributed by atoms with Crippen molar-refractivity contribution in [3.8, 4) is 0 Å². The molecule has 0 aliphatic carbocycles. The van der Waals surface area contributed by atoms with Gasteiger partial charge >= 0.3 is 5.97 Å². The van der Waals surface area contributed by atoms with Gasteiger partial charge in [-0.15, -0.1) is 0 Å². The first-order valence-corrected chi connectivity index (χ1v) is 6.83. The summed E-state index contributed by atoms with van der Waals surface area (Å²) in [7, 11) is 0. The molecule has 3 heteroatoms. The molecule has 0 bridgehead atoms. The number of carbonyl (C=O) groups excluding carboxylic acids is 1. The number of cyclic esters (lactones) is 1. The van der Waals surface area contributed by atoms with E-state index in [0.29, 0.717) is 17.2 Å². The van der Waals surface area contributed by atoms with Gasteiger partial charge in [-0.3, -0.25) is 4.79 Å². The van der Waals surface area contributed by atoms with Crippen molar-refractivity contribution in [3.05, 3.63) is 76.8 Å². The van der Waals surface area contributed by atoms with Crippen LogP contribution in [0.3, 0.4) is 0 Å². The Hall–Kier alpha value is -2.06. The molecule has 1 aliphatic heterocycles. The number of ether oxygens (including phenoxy) is 1. The lowest BCUT2D eigenvalue weighted by Crippen LogP contribution is -2.15. The van der Waals surface area contributed by atoms with E-state index in [2.05, 4.69) is 0 Å². The molecular weight excluding hydrogens is 272 g/mol. The molecule has 1 atom stereocenters. The van der Waals surface area contributed by atoms with Crippen LogP contribution >= 0.6 is 11.6 Å². The molecule has 1 unspecified atom stereocenters. The predicted molar refractivity (Wildman–Crippen MR) is 79.3 cm³/mol. The first kappa shape index (κ1) is 12.9. The molecule has 0 saturated carbocycles. The number of hydrogen-bond acceptors (Lipinski definition) is 2. The largest absolute Gasteiger partial charge is 0.426 e. The highest BCUT2D eigenvalue weighted by Crippen LogP contribution is 2.32. The van der Waals surface area contributed by atoms with Gasteiger partial charge in [0, 0.05) is 16.5 Å². The van der Waals surface area contributed by atoms with E-state index < -0.39 is 0 Å². The third kappa shape index (κ3) is 2.75. The highest BCUT2D eigenvalue weighted by Gasteiger charge is 2.23. The second-order valence-corrected chi connectivity index (χ2v) is 5.17. The molecule has 1 aliphatic rings. The number of benzene rings is 2. The minimum absolute atomic E-state index is 0.0312. The van der Waals surface area contributed by atoms with Crippen LogP contribution in [0.4, 0.5) is 0 Å². The lowest BCUT2D eigenvalue weighted by Gasteiger charge is -2.21. The Morgan fingerprint density at radius 3 is 2.40 bits per heavy atom. The van der Waals surface area contributed by atoms with Crippen LogP contribution in [-0.4, -0.2) is 5.97 Å². The van der Waals surface area contributed by atoms with Crippen LogP contribution in [0.25, 0.3) is 5.76 Å². The lowest BCUT2D eigenvalue weighted by molar-refractivity contribution is -0.137. The van der Waals surface area contributed by atoms with Crippen LogP contribution in [0.15, 0.2) is 60.7 Å². The summed E-state index contributed by atoms with van der Waals surface area (Å²) < 4.78 is 5.34. The zero-order chi connectivity index (χ0) is 13.9. The lowest BCUT2D eigenvalue weighted by atomic mass is 9.92. The highest BCUT2D eigenvalue weighted by atomic mass is 35.5. The van der Waals surface area contributed by atoms with Crippen LogP contribution in [0.5, 0.6) is 0 Å². The number of allylic oxidation sites excluding steroid dienone is 1. The summed E-state index contributed by atoms with van der Waals surface area (Å²) in [6.45, 7) is 0. The van der Waals surface area contributed by atoms with Crippen LogP contribution < -0.4 is 0 Å². The summed E-state index contributed by atoms with van der Waals surface area (Å²) in [6, 6.07) is 17.2. The number of hydrogen-bond donors (Lipinski definition) is 0. The van der Waals surface area contributed by atoms with E-state index in [4.69, 9.17) is 16.3 Å². The SMILES string of the molecule is O=C1CC(c2ccc(Cl)cc2)C=C(c2ccccc2)O1. The maximum atomic E-state index is 11.8. The van der Waals surface area contributed by atoms with Gasteiger partial charge in [-0.05, 0) is 23.8 Å². The summed E-state index contributed by atoms with van der Waals surface area (Å²) in [4.78, 5) is 11.8. The molecule has 0 aromatic heterocycles. The average molecular weight is 285 g/mol. The molecular formula is C17H13ClO2. The summed E-state index contributed by atoms with van der Waals surface area (Å²) >= 11 is 5.90. The molecule has 1 heterocycles. The molecule has 100 valence electrons. The van der Waals surface area contributed by atoms with Crippen molar-refractivity contribution < 1.29 is 9.53 Å². The fraction of sp³-hybridized carbons (Fsp3) is 0.118. The fourth-order valence-corrected chi connectivity index (χ4v) is 2.43. The number of carbonyl (C=O) groups is 1. The van der Waals surface area contributed by atoms with Crippen molar-refractivity contribution >= 4 is 23.3 Å². The van der Waals surface area contributed by atoms with E-state index in [1.165, 1.54) is 0 Å². The number of halogens is 1. The maximum absolute atomic E-state index is 11.8. The van der Waals surface area contributed by atoms with Crippen LogP contribution in [-0.2, 0) is 9.53 Å². The van der Waals surface area contributed by atoms with Gasteiger partial charge in [0.2, 0.25) is 0 Å². The molecule has 0 spiro atoms. The quantitative estimate of drug-likeness (QED) is 0.764.